The number of hydrogen-bond acceptors (Lipinski definition) is 6. The van der Waals surface area contributed by atoms with Crippen LogP contribution in [0.4, 0.5) is 13.6 Å². The highest BCUT2D eigenvalue weighted by atomic mass is 19.1. The van der Waals surface area contributed by atoms with Gasteiger partial charge in [-0.15, -0.1) is 0 Å². The predicted octanol–water partition coefficient (Wildman–Crippen LogP) is 2.21. The summed E-state index contributed by atoms with van der Waals surface area (Å²) in [4.78, 5) is 21.5. The monoisotopic (exact) mass is 442 g/mol. The van der Waals surface area contributed by atoms with E-state index in [2.05, 4.69) is 10.4 Å². The Morgan fingerprint density at radius 1 is 1.28 bits per heavy atom. The first-order chi connectivity index (χ1) is 15.6. The molecule has 5 heterocycles. The van der Waals surface area contributed by atoms with Crippen molar-refractivity contribution in [1.29, 1.82) is 0 Å². The summed E-state index contributed by atoms with van der Waals surface area (Å²) in [6.07, 6.45) is 7.54. The van der Waals surface area contributed by atoms with E-state index in [0.29, 0.717) is 31.1 Å². The molecule has 0 aliphatic carbocycles. The molecule has 0 saturated carbocycles. The summed E-state index contributed by atoms with van der Waals surface area (Å²) in [5.74, 6) is -0.173. The molecule has 2 unspecified atom stereocenters. The number of likely N-dealkylation sites (tertiary alicyclic amines) is 2. The van der Waals surface area contributed by atoms with Gasteiger partial charge in [0.1, 0.15) is 23.5 Å². The van der Waals surface area contributed by atoms with Crippen LogP contribution < -0.4 is 5.32 Å². The Kier molecular flexibility index (Phi) is 4.63. The smallest absolute Gasteiger partial charge is 0.318 e. The first kappa shape index (κ1) is 19.7. The van der Waals surface area contributed by atoms with Crippen molar-refractivity contribution >= 4 is 18.1 Å². The van der Waals surface area contributed by atoms with Crippen LogP contribution in [0.5, 0.6) is 0 Å². The van der Waals surface area contributed by atoms with Crippen molar-refractivity contribution in [1.82, 2.24) is 20.1 Å². The molecular weight excluding hydrogens is 418 g/mol. The fourth-order valence-corrected chi connectivity index (χ4v) is 5.34. The fourth-order valence-electron chi connectivity index (χ4n) is 5.34. The fraction of sp³-hybridized carbons (Fsp3) is 0.500. The molecule has 0 spiro atoms. The van der Waals surface area contributed by atoms with Crippen molar-refractivity contribution in [3.63, 3.8) is 0 Å². The van der Waals surface area contributed by atoms with Gasteiger partial charge in [-0.25, -0.2) is 23.6 Å². The minimum absolute atomic E-state index is 0.131. The predicted molar refractivity (Wildman–Crippen MR) is 113 cm³/mol. The maximum atomic E-state index is 14.5. The lowest BCUT2D eigenvalue weighted by Gasteiger charge is -2.33. The van der Waals surface area contributed by atoms with Crippen LogP contribution in [0, 0.1) is 11.6 Å². The molecule has 5 atom stereocenters. The van der Waals surface area contributed by atoms with Crippen LogP contribution in [-0.4, -0.2) is 76.9 Å². The van der Waals surface area contributed by atoms with E-state index in [0.717, 1.165) is 25.3 Å². The number of nitrogens with zero attached hydrogens (tertiary/aromatic N) is 5. The van der Waals surface area contributed by atoms with Crippen molar-refractivity contribution in [3.05, 3.63) is 47.7 Å². The number of fused-ring (bicyclic) bond motifs is 3. The average Bonchev–Trinajstić information content (AvgIpc) is 3.59. The van der Waals surface area contributed by atoms with Gasteiger partial charge in [-0.05, 0) is 43.5 Å². The number of nitrogens with one attached hydrogen (secondary N) is 1. The number of carbonyl (C=O) groups is 1. The Morgan fingerprint density at radius 2 is 2.19 bits per heavy atom. The van der Waals surface area contributed by atoms with Gasteiger partial charge in [0.15, 0.2) is 6.17 Å². The summed E-state index contributed by atoms with van der Waals surface area (Å²) in [6.45, 7) is 1.90. The number of amidine groups is 1. The number of morpholine rings is 1. The molecule has 1 aromatic carbocycles. The van der Waals surface area contributed by atoms with Gasteiger partial charge in [-0.1, -0.05) is 0 Å². The van der Waals surface area contributed by atoms with E-state index < -0.39 is 17.8 Å². The third-order valence-electron chi connectivity index (χ3n) is 6.91. The topological polar surface area (TPSA) is 72.8 Å². The summed E-state index contributed by atoms with van der Waals surface area (Å²) >= 11 is 0. The zero-order chi connectivity index (χ0) is 21.8. The second-order valence-corrected chi connectivity index (χ2v) is 8.85. The molecule has 3 fully saturated rings. The molecule has 3 saturated heterocycles. The largest absolute Gasteiger partial charge is 0.374 e. The van der Waals surface area contributed by atoms with Crippen molar-refractivity contribution in [3.8, 4) is 0 Å². The number of carbonyl (C=O) groups excluding carboxylic acids is 1. The molecule has 0 aromatic heterocycles. The average molecular weight is 442 g/mol. The van der Waals surface area contributed by atoms with Crippen LogP contribution in [0.2, 0.25) is 0 Å². The van der Waals surface area contributed by atoms with Crippen LogP contribution in [0.1, 0.15) is 30.9 Å². The van der Waals surface area contributed by atoms with Gasteiger partial charge in [0.05, 0.1) is 31.0 Å². The second kappa shape index (κ2) is 7.54. The highest BCUT2D eigenvalue weighted by Gasteiger charge is 2.43. The zero-order valence-electron chi connectivity index (χ0n) is 17.4. The molecule has 1 aromatic rings. The van der Waals surface area contributed by atoms with E-state index in [9.17, 15) is 13.6 Å². The quantitative estimate of drug-likeness (QED) is 0.762. The number of ether oxygens (including phenoxy) is 1. The molecule has 32 heavy (non-hydrogen) atoms. The molecule has 168 valence electrons. The van der Waals surface area contributed by atoms with Crippen LogP contribution in [0.3, 0.4) is 0 Å². The minimum Gasteiger partial charge on any atom is -0.374 e. The lowest BCUT2D eigenvalue weighted by molar-refractivity contribution is 0.0441. The maximum Gasteiger partial charge on any atom is 0.318 e. The summed E-state index contributed by atoms with van der Waals surface area (Å²) in [7, 11) is 0. The van der Waals surface area contributed by atoms with Crippen molar-refractivity contribution in [2.24, 2.45) is 10.1 Å². The number of urea groups is 1. The van der Waals surface area contributed by atoms with Gasteiger partial charge in [0.25, 0.3) is 0 Å². The molecule has 10 heteroatoms. The lowest BCUT2D eigenvalue weighted by Crippen LogP contribution is -2.53. The standard InChI is InChI=1S/C22H24F2N6O2/c23-13-3-4-17(24)16(8-13)19-2-1-6-28(19)20-5-7-30-21(27-20)18(10-25-30)26-22(31)29-11-15-9-14(29)12-32-15/h3-5,7-8,10,14-15,18-19,21H,1-2,6,9,11-12H2,(H,26,31)/t14-,15-,18?,19+,21?/m0/s1. The Labute approximate surface area is 184 Å². The molecule has 5 aliphatic heterocycles. The van der Waals surface area contributed by atoms with E-state index in [1.165, 1.54) is 12.1 Å². The van der Waals surface area contributed by atoms with Crippen molar-refractivity contribution in [2.45, 2.75) is 49.7 Å². The van der Waals surface area contributed by atoms with E-state index in [1.54, 1.807) is 11.2 Å². The molecule has 5 aliphatic rings. The summed E-state index contributed by atoms with van der Waals surface area (Å²) in [5.41, 5.74) is 0.347. The normalized spacial score (nSPS) is 32.6. The lowest BCUT2D eigenvalue weighted by atomic mass is 10.0. The van der Waals surface area contributed by atoms with E-state index in [-0.39, 0.29) is 30.3 Å². The Balaban J connectivity index is 1.20. The second-order valence-electron chi connectivity index (χ2n) is 8.85. The third-order valence-corrected chi connectivity index (χ3v) is 6.91. The number of hydrogen-bond donors (Lipinski definition) is 1. The van der Waals surface area contributed by atoms with Gasteiger partial charge in [0, 0.05) is 24.9 Å². The first-order valence-electron chi connectivity index (χ1n) is 11.1. The van der Waals surface area contributed by atoms with Gasteiger partial charge in [-0.2, -0.15) is 5.10 Å². The summed E-state index contributed by atoms with van der Waals surface area (Å²) in [5, 5.41) is 9.12. The third kappa shape index (κ3) is 3.24. The van der Waals surface area contributed by atoms with Crippen LogP contribution >= 0.6 is 0 Å². The number of hydrazone groups is 1. The Bertz CT molecular complexity index is 1030. The van der Waals surface area contributed by atoms with Gasteiger partial charge in [0.2, 0.25) is 0 Å². The molecule has 2 amide bonds. The summed E-state index contributed by atoms with van der Waals surface area (Å²) in [6, 6.07) is 2.92. The summed E-state index contributed by atoms with van der Waals surface area (Å²) < 4.78 is 33.8. The van der Waals surface area contributed by atoms with E-state index in [4.69, 9.17) is 9.73 Å². The van der Waals surface area contributed by atoms with Gasteiger partial charge in [-0.3, -0.25) is 0 Å². The van der Waals surface area contributed by atoms with Crippen LogP contribution in [0.15, 0.2) is 40.6 Å². The Hall–Kier alpha value is -3.01. The number of rotatable bonds is 2. The molecule has 6 rings (SSSR count). The van der Waals surface area contributed by atoms with Gasteiger partial charge < -0.3 is 19.9 Å². The highest BCUT2D eigenvalue weighted by molar-refractivity contribution is 5.95. The van der Waals surface area contributed by atoms with Crippen molar-refractivity contribution < 1.29 is 18.3 Å². The van der Waals surface area contributed by atoms with Crippen molar-refractivity contribution in [2.75, 3.05) is 19.7 Å². The van der Waals surface area contributed by atoms with Crippen LogP contribution in [-0.2, 0) is 4.74 Å². The first-order valence-corrected chi connectivity index (χ1v) is 11.1. The number of aliphatic imine (C=N–C) groups is 1. The zero-order valence-corrected chi connectivity index (χ0v) is 17.4. The Morgan fingerprint density at radius 3 is 3.00 bits per heavy atom. The molecule has 0 radical (unpaired) electrons. The van der Waals surface area contributed by atoms with Crippen LogP contribution in [0.25, 0.3) is 0 Å². The number of amides is 2. The SMILES string of the molecule is O=C(NC1C=NN2C=CC(N3CCC[C@@H]3c3cc(F)ccc3F)=NC12)N1C[C@@H]2C[C@H]1CO2. The minimum atomic E-state index is -0.450. The molecule has 1 N–H and O–H groups in total. The number of halogens is 2. The van der Waals surface area contributed by atoms with Gasteiger partial charge >= 0.3 is 6.03 Å². The number of benzene rings is 1. The van der Waals surface area contributed by atoms with E-state index >= 15 is 0 Å². The molecule has 2 bridgehead atoms. The van der Waals surface area contributed by atoms with E-state index in [1.807, 2.05) is 22.1 Å². The molecule has 8 nitrogen and oxygen atoms in total. The maximum absolute atomic E-state index is 14.5. The highest BCUT2D eigenvalue weighted by Crippen LogP contribution is 2.35. The molecular formula is C22H24F2N6O2.